The van der Waals surface area contributed by atoms with Crippen molar-refractivity contribution < 1.29 is 4.42 Å². The Hall–Kier alpha value is -6.08. The first-order valence-electron chi connectivity index (χ1n) is 14.1. The van der Waals surface area contributed by atoms with Crippen molar-refractivity contribution in [3.63, 3.8) is 0 Å². The summed E-state index contributed by atoms with van der Waals surface area (Å²) in [5.74, 6) is 2.64. The topological polar surface area (TPSA) is 74.0 Å². The van der Waals surface area contributed by atoms with Crippen LogP contribution in [0.1, 0.15) is 0 Å². The Morgan fingerprint density at radius 3 is 1.79 bits per heavy atom. The van der Waals surface area contributed by atoms with Gasteiger partial charge in [-0.05, 0) is 36.4 Å². The predicted molar refractivity (Wildman–Crippen MR) is 169 cm³/mol. The number of rotatable bonds is 4. The van der Waals surface area contributed by atoms with Crippen LogP contribution in [0.25, 0.3) is 78.9 Å². The molecule has 0 bridgehead atoms. The zero-order chi connectivity index (χ0) is 28.3. The molecule has 7 nitrogen and oxygen atoms in total. The highest BCUT2D eigenvalue weighted by molar-refractivity contribution is 6.04. The Kier molecular flexibility index (Phi) is 5.06. The summed E-state index contributed by atoms with van der Waals surface area (Å²) in [6, 6.07) is 44.6. The second-order valence-electron chi connectivity index (χ2n) is 10.4. The van der Waals surface area contributed by atoms with Crippen molar-refractivity contribution in [1.29, 1.82) is 0 Å². The van der Waals surface area contributed by atoms with Crippen LogP contribution in [0.3, 0.4) is 0 Å². The highest BCUT2D eigenvalue weighted by Gasteiger charge is 2.22. The van der Waals surface area contributed by atoms with Crippen LogP contribution < -0.4 is 0 Å². The van der Waals surface area contributed by atoms with Crippen molar-refractivity contribution in [2.75, 3.05) is 0 Å². The van der Waals surface area contributed by atoms with Gasteiger partial charge < -0.3 is 4.42 Å². The fraction of sp³-hybridized carbons (Fsp3) is 0. The minimum Gasteiger partial charge on any atom is -0.437 e. The van der Waals surface area contributed by atoms with Gasteiger partial charge in [-0.25, -0.2) is 24.3 Å². The first-order chi connectivity index (χ1) is 21.3. The zero-order valence-corrected chi connectivity index (χ0v) is 22.8. The van der Waals surface area contributed by atoms with Gasteiger partial charge in [0.05, 0.1) is 11.0 Å². The quantitative estimate of drug-likeness (QED) is 0.219. The van der Waals surface area contributed by atoms with Crippen LogP contribution >= 0.6 is 0 Å². The van der Waals surface area contributed by atoms with Crippen LogP contribution in [0.4, 0.5) is 0 Å². The number of benzene rings is 5. The van der Waals surface area contributed by atoms with Crippen molar-refractivity contribution in [2.24, 2.45) is 0 Å². The van der Waals surface area contributed by atoms with Crippen molar-refractivity contribution in [3.05, 3.63) is 133 Å². The van der Waals surface area contributed by atoms with E-state index in [1.54, 1.807) is 0 Å². The number of fused-ring (bicyclic) bond motifs is 7. The van der Waals surface area contributed by atoms with E-state index in [2.05, 4.69) is 39.3 Å². The van der Waals surface area contributed by atoms with Crippen molar-refractivity contribution in [3.8, 4) is 39.9 Å². The Labute approximate surface area is 245 Å². The molecule has 4 aromatic heterocycles. The SMILES string of the molecule is c1ccc(-c2nc(-c3ccccc3)nc(-c3cccc(-n4c5ccccc5n5c6oc7ccccc7c6nc45)c3)n2)cc1. The molecule has 0 aliphatic rings. The summed E-state index contributed by atoms with van der Waals surface area (Å²) in [6.45, 7) is 0. The average Bonchev–Trinajstić information content (AvgIpc) is 3.72. The standard InChI is InChI=1S/C36H22N6O/c1-3-12-23(13-4-1)32-38-33(24-14-5-2-6-15-24)40-34(39-32)25-16-11-17-26(22-25)41-28-19-8-9-20-29(28)42-35-31(37-36(41)42)27-18-7-10-21-30(27)43-35/h1-22H. The van der Waals surface area contributed by atoms with Gasteiger partial charge in [0.1, 0.15) is 11.1 Å². The zero-order valence-electron chi connectivity index (χ0n) is 22.8. The molecular formula is C36H22N6O. The normalized spacial score (nSPS) is 11.7. The van der Waals surface area contributed by atoms with E-state index in [1.807, 2.05) is 103 Å². The number of hydrogen-bond acceptors (Lipinski definition) is 5. The lowest BCUT2D eigenvalue weighted by molar-refractivity contribution is 0.651. The molecule has 4 heterocycles. The highest BCUT2D eigenvalue weighted by Crippen LogP contribution is 2.35. The maximum Gasteiger partial charge on any atom is 0.234 e. The lowest BCUT2D eigenvalue weighted by Gasteiger charge is -2.10. The number of furan rings is 1. The molecule has 0 saturated carbocycles. The molecule has 0 aliphatic heterocycles. The Bertz CT molecular complexity index is 2400. The molecule has 0 aliphatic carbocycles. The summed E-state index contributed by atoms with van der Waals surface area (Å²) in [7, 11) is 0. The van der Waals surface area contributed by atoms with Gasteiger partial charge in [0, 0.05) is 27.8 Å². The lowest BCUT2D eigenvalue weighted by atomic mass is 10.1. The second-order valence-corrected chi connectivity index (χ2v) is 10.4. The maximum absolute atomic E-state index is 6.33. The number of imidazole rings is 2. The van der Waals surface area contributed by atoms with Crippen LogP contribution in [-0.4, -0.2) is 28.9 Å². The van der Waals surface area contributed by atoms with E-state index < -0.39 is 0 Å². The molecule has 9 rings (SSSR count). The fourth-order valence-corrected chi connectivity index (χ4v) is 5.81. The summed E-state index contributed by atoms with van der Waals surface area (Å²) < 4.78 is 10.6. The van der Waals surface area contributed by atoms with Gasteiger partial charge in [-0.15, -0.1) is 0 Å². The largest absolute Gasteiger partial charge is 0.437 e. The molecule has 0 atom stereocenters. The van der Waals surface area contributed by atoms with Crippen LogP contribution in [0.5, 0.6) is 0 Å². The van der Waals surface area contributed by atoms with E-state index in [-0.39, 0.29) is 0 Å². The van der Waals surface area contributed by atoms with E-state index in [0.29, 0.717) is 17.5 Å². The fourth-order valence-electron chi connectivity index (χ4n) is 5.81. The van der Waals surface area contributed by atoms with E-state index in [4.69, 9.17) is 24.4 Å². The number of aromatic nitrogens is 6. The first-order valence-corrected chi connectivity index (χ1v) is 14.1. The monoisotopic (exact) mass is 554 g/mol. The summed E-state index contributed by atoms with van der Waals surface area (Å²) in [4.78, 5) is 19.8. The van der Waals surface area contributed by atoms with Gasteiger partial charge in [0.25, 0.3) is 0 Å². The summed E-state index contributed by atoms with van der Waals surface area (Å²) in [6.07, 6.45) is 0. The molecule has 5 aromatic carbocycles. The molecule has 0 spiro atoms. The number of para-hydroxylation sites is 3. The predicted octanol–water partition coefficient (Wildman–Crippen LogP) is 8.36. The molecule has 0 N–H and O–H groups in total. The molecule has 202 valence electrons. The molecule has 9 aromatic rings. The minimum atomic E-state index is 0.602. The molecule has 43 heavy (non-hydrogen) atoms. The summed E-state index contributed by atoms with van der Waals surface area (Å²) in [5.41, 5.74) is 8.14. The van der Waals surface area contributed by atoms with E-state index in [9.17, 15) is 0 Å². The third-order valence-electron chi connectivity index (χ3n) is 7.79. The number of hydrogen-bond donors (Lipinski definition) is 0. The molecule has 0 fully saturated rings. The van der Waals surface area contributed by atoms with Gasteiger partial charge in [0.2, 0.25) is 11.5 Å². The van der Waals surface area contributed by atoms with Gasteiger partial charge in [0.15, 0.2) is 17.5 Å². The van der Waals surface area contributed by atoms with Crippen molar-refractivity contribution >= 4 is 39.0 Å². The van der Waals surface area contributed by atoms with Crippen LogP contribution in [0.15, 0.2) is 138 Å². The molecule has 0 unspecified atom stereocenters. The Morgan fingerprint density at radius 1 is 0.488 bits per heavy atom. The van der Waals surface area contributed by atoms with Crippen molar-refractivity contribution in [2.45, 2.75) is 0 Å². The number of nitrogens with zero attached hydrogens (tertiary/aromatic N) is 6. The van der Waals surface area contributed by atoms with Gasteiger partial charge in [-0.3, -0.25) is 4.57 Å². The molecule has 0 saturated heterocycles. The van der Waals surface area contributed by atoms with Crippen LogP contribution in [0, 0.1) is 0 Å². The summed E-state index contributed by atoms with van der Waals surface area (Å²) >= 11 is 0. The van der Waals surface area contributed by atoms with Crippen LogP contribution in [-0.2, 0) is 0 Å². The molecule has 7 heteroatoms. The Morgan fingerprint density at radius 2 is 1.07 bits per heavy atom. The molecule has 0 radical (unpaired) electrons. The third-order valence-corrected chi connectivity index (χ3v) is 7.79. The van der Waals surface area contributed by atoms with Gasteiger partial charge in [-0.2, -0.15) is 0 Å². The first kappa shape index (κ1) is 23.6. The third kappa shape index (κ3) is 3.68. The molecule has 0 amide bonds. The smallest absolute Gasteiger partial charge is 0.234 e. The lowest BCUT2D eigenvalue weighted by Crippen LogP contribution is -2.01. The van der Waals surface area contributed by atoms with E-state index in [1.165, 1.54) is 0 Å². The average molecular weight is 555 g/mol. The highest BCUT2D eigenvalue weighted by atomic mass is 16.3. The van der Waals surface area contributed by atoms with E-state index >= 15 is 0 Å². The second kappa shape index (κ2) is 9.22. The maximum atomic E-state index is 6.33. The van der Waals surface area contributed by atoms with Crippen molar-refractivity contribution in [1.82, 2.24) is 28.9 Å². The minimum absolute atomic E-state index is 0.602. The van der Waals surface area contributed by atoms with Gasteiger partial charge in [-0.1, -0.05) is 97.1 Å². The summed E-state index contributed by atoms with van der Waals surface area (Å²) in [5, 5.41) is 0.998. The van der Waals surface area contributed by atoms with E-state index in [0.717, 1.165) is 61.4 Å². The van der Waals surface area contributed by atoms with Gasteiger partial charge >= 0.3 is 0 Å². The Balaban J connectivity index is 1.27. The van der Waals surface area contributed by atoms with Crippen LogP contribution in [0.2, 0.25) is 0 Å². The molecular weight excluding hydrogens is 532 g/mol.